The van der Waals surface area contributed by atoms with Gasteiger partial charge in [0.05, 0.1) is 6.07 Å². The number of hydrogen-bond acceptors (Lipinski definition) is 3. The predicted molar refractivity (Wildman–Crippen MR) is 60.5 cm³/mol. The van der Waals surface area contributed by atoms with Crippen molar-refractivity contribution in [3.8, 4) is 6.07 Å². The van der Waals surface area contributed by atoms with E-state index in [1.807, 2.05) is 0 Å². The zero-order valence-electron chi connectivity index (χ0n) is 9.49. The summed E-state index contributed by atoms with van der Waals surface area (Å²) < 4.78 is 0. The number of hydrogen-bond donors (Lipinski definition) is 0. The first-order valence-electron chi connectivity index (χ1n) is 6.23. The van der Waals surface area contributed by atoms with Gasteiger partial charge in [0.2, 0.25) is 0 Å². The molecule has 0 saturated carbocycles. The van der Waals surface area contributed by atoms with Gasteiger partial charge in [-0.05, 0) is 51.9 Å². The Morgan fingerprint density at radius 2 is 1.47 bits per heavy atom. The Balaban J connectivity index is 1.62. The Morgan fingerprint density at radius 3 is 2.00 bits per heavy atom. The Morgan fingerprint density at radius 1 is 0.933 bits per heavy atom. The average molecular weight is 207 g/mol. The van der Waals surface area contributed by atoms with Crippen LogP contribution in [0.4, 0.5) is 0 Å². The summed E-state index contributed by atoms with van der Waals surface area (Å²) in [6.45, 7) is 7.30. The fraction of sp³-hybridized carbons (Fsp3) is 0.917. The van der Waals surface area contributed by atoms with Crippen LogP contribution < -0.4 is 0 Å². The van der Waals surface area contributed by atoms with E-state index in [0.29, 0.717) is 5.92 Å². The van der Waals surface area contributed by atoms with Crippen LogP contribution in [0.2, 0.25) is 0 Å². The zero-order valence-corrected chi connectivity index (χ0v) is 9.49. The minimum Gasteiger partial charge on any atom is -0.302 e. The smallest absolute Gasteiger partial charge is 0.0656 e. The second-order valence-corrected chi connectivity index (χ2v) is 4.79. The Bertz CT molecular complexity index is 220. The lowest BCUT2D eigenvalue weighted by Gasteiger charge is -2.30. The molecular formula is C12H21N3. The lowest BCUT2D eigenvalue weighted by atomic mass is 9.99. The summed E-state index contributed by atoms with van der Waals surface area (Å²) in [7, 11) is 0. The predicted octanol–water partition coefficient (Wildman–Crippen LogP) is 1.32. The van der Waals surface area contributed by atoms with Crippen LogP contribution in [-0.2, 0) is 0 Å². The third kappa shape index (κ3) is 3.19. The highest BCUT2D eigenvalue weighted by Crippen LogP contribution is 2.16. The molecule has 3 heteroatoms. The van der Waals surface area contributed by atoms with E-state index in [-0.39, 0.29) is 0 Å². The molecule has 2 saturated heterocycles. The van der Waals surface area contributed by atoms with E-state index in [0.717, 1.165) is 25.9 Å². The van der Waals surface area contributed by atoms with Crippen molar-refractivity contribution in [2.24, 2.45) is 5.92 Å². The van der Waals surface area contributed by atoms with Gasteiger partial charge in [-0.3, -0.25) is 0 Å². The molecule has 0 aromatic heterocycles. The summed E-state index contributed by atoms with van der Waals surface area (Å²) in [5, 5.41) is 8.80. The average Bonchev–Trinajstić information content (AvgIpc) is 2.80. The lowest BCUT2D eigenvalue weighted by Crippen LogP contribution is -2.38. The fourth-order valence-corrected chi connectivity index (χ4v) is 2.57. The van der Waals surface area contributed by atoms with Gasteiger partial charge >= 0.3 is 0 Å². The number of piperidine rings is 1. The van der Waals surface area contributed by atoms with Crippen LogP contribution in [0, 0.1) is 17.2 Å². The summed E-state index contributed by atoms with van der Waals surface area (Å²) in [5.41, 5.74) is 0. The van der Waals surface area contributed by atoms with Crippen LogP contribution in [0.25, 0.3) is 0 Å². The highest BCUT2D eigenvalue weighted by atomic mass is 15.2. The molecule has 0 radical (unpaired) electrons. The van der Waals surface area contributed by atoms with Crippen molar-refractivity contribution < 1.29 is 0 Å². The largest absolute Gasteiger partial charge is 0.302 e. The minimum atomic E-state index is 0.327. The number of rotatable bonds is 3. The van der Waals surface area contributed by atoms with Gasteiger partial charge in [0.25, 0.3) is 0 Å². The number of nitrogens with zero attached hydrogens (tertiary/aromatic N) is 3. The first-order chi connectivity index (χ1) is 7.38. The van der Waals surface area contributed by atoms with E-state index in [1.165, 1.54) is 39.0 Å². The second-order valence-electron chi connectivity index (χ2n) is 4.79. The zero-order chi connectivity index (χ0) is 10.5. The van der Waals surface area contributed by atoms with Crippen LogP contribution in [-0.4, -0.2) is 49.1 Å². The maximum Gasteiger partial charge on any atom is 0.0656 e. The molecule has 2 aliphatic rings. The summed E-state index contributed by atoms with van der Waals surface area (Å²) in [4.78, 5) is 5.09. The van der Waals surface area contributed by atoms with E-state index in [1.54, 1.807) is 0 Å². The second kappa shape index (κ2) is 5.48. The molecule has 0 spiro atoms. The molecule has 3 nitrogen and oxygen atoms in total. The van der Waals surface area contributed by atoms with Gasteiger partial charge in [0.15, 0.2) is 0 Å². The summed E-state index contributed by atoms with van der Waals surface area (Å²) in [6.07, 6.45) is 4.93. The summed E-state index contributed by atoms with van der Waals surface area (Å²) in [5.74, 6) is 0.327. The van der Waals surface area contributed by atoms with Crippen LogP contribution in [0.3, 0.4) is 0 Å². The van der Waals surface area contributed by atoms with Gasteiger partial charge in [-0.15, -0.1) is 0 Å². The van der Waals surface area contributed by atoms with E-state index < -0.39 is 0 Å². The van der Waals surface area contributed by atoms with Crippen LogP contribution in [0.1, 0.15) is 25.7 Å². The number of likely N-dealkylation sites (tertiary alicyclic amines) is 2. The standard InChI is InChI=1S/C12H21N3/c13-11-12-3-7-15(8-4-12)10-9-14-5-1-2-6-14/h12H,1-10H2. The van der Waals surface area contributed by atoms with Crippen LogP contribution in [0.15, 0.2) is 0 Å². The van der Waals surface area contributed by atoms with Crippen molar-refractivity contribution in [1.29, 1.82) is 5.26 Å². The Kier molecular flexibility index (Phi) is 3.99. The molecule has 84 valence electrons. The molecule has 0 atom stereocenters. The van der Waals surface area contributed by atoms with Crippen LogP contribution >= 0.6 is 0 Å². The molecular weight excluding hydrogens is 186 g/mol. The van der Waals surface area contributed by atoms with Gasteiger partial charge in [0.1, 0.15) is 0 Å². The van der Waals surface area contributed by atoms with E-state index in [9.17, 15) is 0 Å². The summed E-state index contributed by atoms with van der Waals surface area (Å²) >= 11 is 0. The highest BCUT2D eigenvalue weighted by Gasteiger charge is 2.19. The van der Waals surface area contributed by atoms with Gasteiger partial charge in [0, 0.05) is 19.0 Å². The van der Waals surface area contributed by atoms with Crippen molar-refractivity contribution in [3.05, 3.63) is 0 Å². The van der Waals surface area contributed by atoms with Crippen molar-refractivity contribution >= 4 is 0 Å². The Hall–Kier alpha value is -0.590. The molecule has 0 bridgehead atoms. The van der Waals surface area contributed by atoms with Crippen LogP contribution in [0.5, 0.6) is 0 Å². The van der Waals surface area contributed by atoms with Crippen molar-refractivity contribution in [2.75, 3.05) is 39.3 Å². The summed E-state index contributed by atoms with van der Waals surface area (Å²) in [6, 6.07) is 2.38. The highest BCUT2D eigenvalue weighted by molar-refractivity contribution is 4.87. The first-order valence-corrected chi connectivity index (χ1v) is 6.23. The SMILES string of the molecule is N#CC1CCN(CCN2CCCC2)CC1. The van der Waals surface area contributed by atoms with Gasteiger partial charge in [-0.2, -0.15) is 5.26 Å². The van der Waals surface area contributed by atoms with Crippen molar-refractivity contribution in [2.45, 2.75) is 25.7 Å². The topological polar surface area (TPSA) is 30.3 Å². The van der Waals surface area contributed by atoms with E-state index >= 15 is 0 Å². The molecule has 0 N–H and O–H groups in total. The molecule has 0 aromatic rings. The third-order valence-electron chi connectivity index (χ3n) is 3.70. The molecule has 0 amide bonds. The molecule has 0 aromatic carbocycles. The third-order valence-corrected chi connectivity index (χ3v) is 3.70. The first kappa shape index (κ1) is 10.9. The molecule has 15 heavy (non-hydrogen) atoms. The van der Waals surface area contributed by atoms with Gasteiger partial charge in [-0.25, -0.2) is 0 Å². The fourth-order valence-electron chi connectivity index (χ4n) is 2.57. The van der Waals surface area contributed by atoms with Gasteiger partial charge in [-0.1, -0.05) is 0 Å². The van der Waals surface area contributed by atoms with Crippen molar-refractivity contribution in [1.82, 2.24) is 9.80 Å². The van der Waals surface area contributed by atoms with Gasteiger partial charge < -0.3 is 9.80 Å². The van der Waals surface area contributed by atoms with E-state index in [4.69, 9.17) is 5.26 Å². The molecule has 2 heterocycles. The van der Waals surface area contributed by atoms with Crippen molar-refractivity contribution in [3.63, 3.8) is 0 Å². The molecule has 2 rings (SSSR count). The molecule has 0 unspecified atom stereocenters. The Labute approximate surface area is 92.7 Å². The molecule has 2 fully saturated rings. The quantitative estimate of drug-likeness (QED) is 0.699. The normalized spacial score (nSPS) is 25.5. The number of nitriles is 1. The minimum absolute atomic E-state index is 0.327. The maximum absolute atomic E-state index is 8.80. The molecule has 0 aliphatic carbocycles. The monoisotopic (exact) mass is 207 g/mol. The lowest BCUT2D eigenvalue weighted by molar-refractivity contribution is 0.180. The molecule has 2 aliphatic heterocycles. The van der Waals surface area contributed by atoms with E-state index in [2.05, 4.69) is 15.9 Å². The maximum atomic E-state index is 8.80.